The number of ketones is 1. The first kappa shape index (κ1) is 13.4. The summed E-state index contributed by atoms with van der Waals surface area (Å²) < 4.78 is 0. The summed E-state index contributed by atoms with van der Waals surface area (Å²) in [6.07, 6.45) is 8.67. The first-order valence-corrected chi connectivity index (χ1v) is 6.74. The predicted molar refractivity (Wildman–Crippen MR) is 79.4 cm³/mol. The van der Waals surface area contributed by atoms with Gasteiger partial charge in [0, 0.05) is 0 Å². The highest BCUT2D eigenvalue weighted by molar-refractivity contribution is 6.02. The maximum Gasteiger partial charge on any atom is 0.168 e. The van der Waals surface area contributed by atoms with Crippen LogP contribution >= 0.6 is 0 Å². The zero-order valence-corrected chi connectivity index (χ0v) is 11.3. The van der Waals surface area contributed by atoms with Gasteiger partial charge >= 0.3 is 0 Å². The molecule has 1 aliphatic carbocycles. The Hall–Kier alpha value is -2.07. The average molecular weight is 250 g/mol. The van der Waals surface area contributed by atoms with Crippen LogP contribution in [-0.4, -0.2) is 5.78 Å². The van der Waals surface area contributed by atoms with Crippen LogP contribution < -0.4 is 0 Å². The quantitative estimate of drug-likeness (QED) is 0.569. The van der Waals surface area contributed by atoms with Crippen molar-refractivity contribution in [3.63, 3.8) is 0 Å². The molecule has 0 atom stereocenters. The number of hydrogen-bond acceptors (Lipinski definition) is 1. The topological polar surface area (TPSA) is 17.1 Å². The average Bonchev–Trinajstić information content (AvgIpc) is 2.45. The van der Waals surface area contributed by atoms with E-state index in [0.717, 1.165) is 18.4 Å². The van der Waals surface area contributed by atoms with E-state index in [1.807, 2.05) is 36.4 Å². The van der Waals surface area contributed by atoms with Crippen LogP contribution in [0.25, 0.3) is 6.08 Å². The lowest BCUT2D eigenvalue weighted by atomic mass is 9.99. The van der Waals surface area contributed by atoms with Gasteiger partial charge in [0.15, 0.2) is 5.78 Å². The Kier molecular flexibility index (Phi) is 4.75. The number of hydrogen-bond donors (Lipinski definition) is 0. The predicted octanol–water partition coefficient (Wildman–Crippen LogP) is 4.16. The Morgan fingerprint density at radius 3 is 2.63 bits per heavy atom. The Morgan fingerprint density at radius 2 is 2.00 bits per heavy atom. The molecular formula is C18H18O. The fourth-order valence-electron chi connectivity index (χ4n) is 2.04. The normalized spacial score (nSPS) is 15.2. The van der Waals surface area contributed by atoms with Crippen molar-refractivity contribution in [1.82, 2.24) is 0 Å². The van der Waals surface area contributed by atoms with Crippen LogP contribution in [0.15, 0.2) is 47.6 Å². The Labute approximate surface area is 115 Å². The molecule has 0 radical (unpaired) electrons. The zero-order chi connectivity index (χ0) is 13.5. The van der Waals surface area contributed by atoms with Gasteiger partial charge in [-0.05, 0) is 49.8 Å². The van der Waals surface area contributed by atoms with Crippen LogP contribution in [0.3, 0.4) is 0 Å². The molecule has 0 bridgehead atoms. The summed E-state index contributed by atoms with van der Waals surface area (Å²) in [5.74, 6) is 6.20. The lowest BCUT2D eigenvalue weighted by molar-refractivity contribution is -0.113. The molecule has 0 spiro atoms. The largest absolute Gasteiger partial charge is 0.294 e. The molecule has 1 aromatic rings. The molecule has 0 aromatic heterocycles. The number of rotatable bonds is 2. The van der Waals surface area contributed by atoms with E-state index in [0.29, 0.717) is 5.57 Å². The molecule has 1 aromatic carbocycles. The fraction of sp³-hybridized carbons (Fsp3) is 0.278. The van der Waals surface area contributed by atoms with Gasteiger partial charge in [-0.3, -0.25) is 4.79 Å². The lowest BCUT2D eigenvalue weighted by Gasteiger charge is -2.05. The van der Waals surface area contributed by atoms with Gasteiger partial charge in [0.25, 0.3) is 0 Å². The molecule has 1 aliphatic rings. The van der Waals surface area contributed by atoms with Gasteiger partial charge in [-0.1, -0.05) is 48.2 Å². The van der Waals surface area contributed by atoms with E-state index >= 15 is 0 Å². The van der Waals surface area contributed by atoms with Crippen molar-refractivity contribution in [2.75, 3.05) is 0 Å². The monoisotopic (exact) mass is 250 g/mol. The molecule has 0 amide bonds. The van der Waals surface area contributed by atoms with Crippen molar-refractivity contribution in [3.05, 3.63) is 53.1 Å². The first-order chi connectivity index (χ1) is 9.25. The summed E-state index contributed by atoms with van der Waals surface area (Å²) in [7, 11) is 0. The van der Waals surface area contributed by atoms with Gasteiger partial charge in [0.2, 0.25) is 0 Å². The van der Waals surface area contributed by atoms with E-state index in [9.17, 15) is 4.79 Å². The fourth-order valence-corrected chi connectivity index (χ4v) is 2.04. The van der Waals surface area contributed by atoms with Crippen LogP contribution in [-0.2, 0) is 4.79 Å². The summed E-state index contributed by atoms with van der Waals surface area (Å²) in [5, 5.41) is 0. The van der Waals surface area contributed by atoms with E-state index < -0.39 is 0 Å². The number of carbonyl (C=O) groups excluding carboxylic acids is 1. The van der Waals surface area contributed by atoms with Crippen molar-refractivity contribution in [3.8, 4) is 11.8 Å². The van der Waals surface area contributed by atoms with Crippen molar-refractivity contribution in [2.24, 2.45) is 0 Å². The van der Waals surface area contributed by atoms with Crippen LogP contribution in [0.4, 0.5) is 0 Å². The number of allylic oxidation sites excluding steroid dienone is 3. The van der Waals surface area contributed by atoms with Crippen LogP contribution in [0.1, 0.15) is 38.2 Å². The third-order valence-electron chi connectivity index (χ3n) is 3.14. The van der Waals surface area contributed by atoms with E-state index in [2.05, 4.69) is 17.9 Å². The van der Waals surface area contributed by atoms with Crippen LogP contribution in [0, 0.1) is 11.8 Å². The molecule has 0 heterocycles. The van der Waals surface area contributed by atoms with Crippen molar-refractivity contribution in [2.45, 2.75) is 32.6 Å². The number of Topliss-reactive ketones (excluding diaryl/α,β-unsaturated/α-hetero) is 1. The second-order valence-corrected chi connectivity index (χ2v) is 4.75. The number of benzene rings is 1. The van der Waals surface area contributed by atoms with Gasteiger partial charge in [0.1, 0.15) is 0 Å². The minimum absolute atomic E-state index is 0.0211. The molecule has 1 heteroatoms. The smallest absolute Gasteiger partial charge is 0.168 e. The van der Waals surface area contributed by atoms with Gasteiger partial charge in [-0.2, -0.15) is 0 Å². The first-order valence-electron chi connectivity index (χ1n) is 6.74. The van der Waals surface area contributed by atoms with Crippen molar-refractivity contribution < 1.29 is 4.79 Å². The maximum absolute atomic E-state index is 11.6. The van der Waals surface area contributed by atoms with E-state index in [-0.39, 0.29) is 5.78 Å². The molecule has 96 valence electrons. The molecule has 0 saturated heterocycles. The molecule has 0 aliphatic heterocycles. The minimum atomic E-state index is 0.0211. The summed E-state index contributed by atoms with van der Waals surface area (Å²) in [6, 6.07) is 9.83. The summed E-state index contributed by atoms with van der Waals surface area (Å²) in [4.78, 5) is 11.6. The Balaban J connectivity index is 2.22. The lowest BCUT2D eigenvalue weighted by Crippen LogP contribution is -1.95. The third-order valence-corrected chi connectivity index (χ3v) is 3.14. The second kappa shape index (κ2) is 6.75. The second-order valence-electron chi connectivity index (χ2n) is 4.75. The van der Waals surface area contributed by atoms with Crippen molar-refractivity contribution in [1.29, 1.82) is 0 Å². The highest BCUT2D eigenvalue weighted by Crippen LogP contribution is 2.16. The molecule has 1 nitrogen and oxygen atoms in total. The highest BCUT2D eigenvalue weighted by Gasteiger charge is 2.02. The van der Waals surface area contributed by atoms with Gasteiger partial charge in [-0.15, -0.1) is 0 Å². The molecule has 0 unspecified atom stereocenters. The van der Waals surface area contributed by atoms with Crippen LogP contribution in [0.5, 0.6) is 0 Å². The van der Waals surface area contributed by atoms with Crippen molar-refractivity contribution >= 4 is 11.9 Å². The van der Waals surface area contributed by atoms with E-state index in [1.54, 1.807) is 6.92 Å². The van der Waals surface area contributed by atoms with E-state index in [4.69, 9.17) is 0 Å². The molecule has 2 rings (SSSR count). The summed E-state index contributed by atoms with van der Waals surface area (Å²) in [6.45, 7) is 1.57. The summed E-state index contributed by atoms with van der Waals surface area (Å²) in [5.41, 5.74) is 2.77. The van der Waals surface area contributed by atoms with Gasteiger partial charge in [-0.25, -0.2) is 0 Å². The minimum Gasteiger partial charge on any atom is -0.294 e. The Bertz CT molecular complexity index is 565. The van der Waals surface area contributed by atoms with E-state index in [1.165, 1.54) is 18.4 Å². The standard InChI is InChI=1S/C18H18O/c1-15(19)18(14-17-10-6-3-7-11-17)13-12-16-8-4-2-5-9-16/h3,6-8,10-11,14H,2,4-5,9H2,1H3/b18-14+. The summed E-state index contributed by atoms with van der Waals surface area (Å²) >= 11 is 0. The highest BCUT2D eigenvalue weighted by atomic mass is 16.1. The molecule has 0 fully saturated rings. The molecule has 19 heavy (non-hydrogen) atoms. The third kappa shape index (κ3) is 4.26. The van der Waals surface area contributed by atoms with Gasteiger partial charge in [0.05, 0.1) is 5.57 Å². The maximum atomic E-state index is 11.6. The van der Waals surface area contributed by atoms with Gasteiger partial charge < -0.3 is 0 Å². The number of carbonyl (C=O) groups is 1. The molecule has 0 N–H and O–H groups in total. The SMILES string of the molecule is CC(=O)/C(C#CC1=CCCCC1)=C/c1ccccc1. The Morgan fingerprint density at radius 1 is 1.21 bits per heavy atom. The molecular weight excluding hydrogens is 232 g/mol. The zero-order valence-electron chi connectivity index (χ0n) is 11.3. The molecule has 0 saturated carbocycles. The van der Waals surface area contributed by atoms with Crippen LogP contribution in [0.2, 0.25) is 0 Å².